The van der Waals surface area contributed by atoms with Crippen LogP contribution in [0.4, 0.5) is 5.69 Å². The lowest BCUT2D eigenvalue weighted by molar-refractivity contribution is 0.101. The van der Waals surface area contributed by atoms with Gasteiger partial charge in [0.2, 0.25) is 0 Å². The Bertz CT molecular complexity index is 714. The third kappa shape index (κ3) is 1.69. The molecule has 1 amide bonds. The van der Waals surface area contributed by atoms with Crippen molar-refractivity contribution >= 4 is 17.3 Å². The molecule has 0 unspecified atom stereocenters. The van der Waals surface area contributed by atoms with Crippen LogP contribution in [0.15, 0.2) is 54.9 Å². The Kier molecular flexibility index (Phi) is 2.58. The maximum absolute atomic E-state index is 12.4. The number of rotatable bonds is 1. The van der Waals surface area contributed by atoms with Crippen LogP contribution in [0.5, 0.6) is 0 Å². The zero-order chi connectivity index (χ0) is 13.2. The van der Waals surface area contributed by atoms with E-state index in [2.05, 4.69) is 4.98 Å². The summed E-state index contributed by atoms with van der Waals surface area (Å²) in [7, 11) is 0. The van der Waals surface area contributed by atoms with E-state index >= 15 is 0 Å². The van der Waals surface area contributed by atoms with Crippen LogP contribution >= 0.6 is 0 Å². The number of pyridine rings is 1. The minimum absolute atomic E-state index is 0.134. The van der Waals surface area contributed by atoms with E-state index in [-0.39, 0.29) is 5.91 Å². The van der Waals surface area contributed by atoms with Gasteiger partial charge in [-0.2, -0.15) is 5.26 Å². The first kappa shape index (κ1) is 11.2. The van der Waals surface area contributed by atoms with Crippen molar-refractivity contribution in [1.29, 1.82) is 5.26 Å². The molecule has 2 aromatic rings. The zero-order valence-electron chi connectivity index (χ0n) is 9.95. The van der Waals surface area contributed by atoms with Crippen LogP contribution in [0.2, 0.25) is 0 Å². The third-order valence-corrected chi connectivity index (χ3v) is 2.99. The molecule has 3 rings (SSSR count). The van der Waals surface area contributed by atoms with Crippen molar-refractivity contribution in [1.82, 2.24) is 4.98 Å². The molecule has 0 atom stereocenters. The van der Waals surface area contributed by atoms with E-state index in [0.29, 0.717) is 16.8 Å². The Balaban J connectivity index is 2.21. The lowest BCUT2D eigenvalue weighted by atomic mass is 10.1. The van der Waals surface area contributed by atoms with Crippen LogP contribution < -0.4 is 4.90 Å². The summed E-state index contributed by atoms with van der Waals surface area (Å²) in [4.78, 5) is 18.0. The number of aromatic nitrogens is 1. The molecule has 0 fully saturated rings. The maximum atomic E-state index is 12.4. The van der Waals surface area contributed by atoms with Gasteiger partial charge in [0, 0.05) is 29.7 Å². The predicted molar refractivity (Wildman–Crippen MR) is 71.1 cm³/mol. The van der Waals surface area contributed by atoms with Gasteiger partial charge < -0.3 is 0 Å². The van der Waals surface area contributed by atoms with Gasteiger partial charge in [-0.25, -0.2) is 0 Å². The Morgan fingerprint density at radius 3 is 2.68 bits per heavy atom. The van der Waals surface area contributed by atoms with Gasteiger partial charge in [0.05, 0.1) is 17.3 Å². The molecular formula is C15H9N3O. The molecule has 19 heavy (non-hydrogen) atoms. The molecule has 90 valence electrons. The minimum atomic E-state index is -0.134. The van der Waals surface area contributed by atoms with E-state index in [0.717, 1.165) is 5.69 Å². The minimum Gasteiger partial charge on any atom is -0.276 e. The molecular weight excluding hydrogens is 238 g/mol. The van der Waals surface area contributed by atoms with E-state index < -0.39 is 0 Å². The molecule has 1 aromatic heterocycles. The normalized spacial score (nSPS) is 15.4. The second-order valence-electron chi connectivity index (χ2n) is 4.06. The summed E-state index contributed by atoms with van der Waals surface area (Å²) in [6.45, 7) is 0. The van der Waals surface area contributed by atoms with E-state index in [9.17, 15) is 4.79 Å². The number of para-hydroxylation sites is 1. The number of anilines is 1. The summed E-state index contributed by atoms with van der Waals surface area (Å²) in [6.07, 6.45) is 4.56. The second kappa shape index (κ2) is 4.39. The number of allylic oxidation sites excluding steroid dienone is 1. The molecule has 0 aliphatic carbocycles. The Morgan fingerprint density at radius 2 is 1.95 bits per heavy atom. The van der Waals surface area contributed by atoms with E-state index in [1.807, 2.05) is 36.4 Å². The molecule has 4 nitrogen and oxygen atoms in total. The standard InChI is InChI=1S/C15H9N3O/c16-8-6-14-13-10-17-9-7-12(13)15(19)18(14)11-4-2-1-3-5-11/h1-7,9-10H/b14-6+. The predicted octanol–water partition coefficient (Wildman–Crippen LogP) is 2.61. The van der Waals surface area contributed by atoms with Crippen molar-refractivity contribution in [3.63, 3.8) is 0 Å². The Hall–Kier alpha value is -2.93. The van der Waals surface area contributed by atoms with Crippen molar-refractivity contribution in [2.45, 2.75) is 0 Å². The van der Waals surface area contributed by atoms with Gasteiger partial charge in [-0.05, 0) is 18.2 Å². The molecule has 0 N–H and O–H groups in total. The highest BCUT2D eigenvalue weighted by Crippen LogP contribution is 2.35. The van der Waals surface area contributed by atoms with Gasteiger partial charge in [0.1, 0.15) is 0 Å². The Morgan fingerprint density at radius 1 is 1.16 bits per heavy atom. The van der Waals surface area contributed by atoms with Crippen LogP contribution in [0.1, 0.15) is 15.9 Å². The van der Waals surface area contributed by atoms with E-state index in [4.69, 9.17) is 5.26 Å². The molecule has 0 radical (unpaired) electrons. The average Bonchev–Trinajstić information content (AvgIpc) is 2.74. The largest absolute Gasteiger partial charge is 0.276 e. The molecule has 1 aliphatic rings. The van der Waals surface area contributed by atoms with Crippen molar-refractivity contribution in [2.24, 2.45) is 0 Å². The smallest absolute Gasteiger partial charge is 0.263 e. The monoisotopic (exact) mass is 247 g/mol. The summed E-state index contributed by atoms with van der Waals surface area (Å²) in [5.74, 6) is -0.134. The van der Waals surface area contributed by atoms with Crippen LogP contribution in [0.3, 0.4) is 0 Å². The van der Waals surface area contributed by atoms with Crippen molar-refractivity contribution < 1.29 is 4.79 Å². The Labute approximate surface area is 110 Å². The van der Waals surface area contributed by atoms with Gasteiger partial charge in [-0.15, -0.1) is 0 Å². The molecule has 1 aliphatic heterocycles. The molecule has 1 aromatic carbocycles. The number of carbonyl (C=O) groups is 1. The summed E-state index contributed by atoms with van der Waals surface area (Å²) in [5, 5.41) is 8.92. The van der Waals surface area contributed by atoms with Crippen LogP contribution in [-0.2, 0) is 0 Å². The number of hydrogen-bond donors (Lipinski definition) is 0. The van der Waals surface area contributed by atoms with Crippen molar-refractivity contribution in [3.8, 4) is 6.07 Å². The third-order valence-electron chi connectivity index (χ3n) is 2.99. The van der Waals surface area contributed by atoms with Crippen LogP contribution in [-0.4, -0.2) is 10.9 Å². The average molecular weight is 247 g/mol. The summed E-state index contributed by atoms with van der Waals surface area (Å²) >= 11 is 0. The molecule has 0 saturated heterocycles. The zero-order valence-corrected chi connectivity index (χ0v) is 9.95. The highest BCUT2D eigenvalue weighted by atomic mass is 16.2. The number of nitriles is 1. The van der Waals surface area contributed by atoms with E-state index in [1.54, 1.807) is 18.5 Å². The van der Waals surface area contributed by atoms with Gasteiger partial charge >= 0.3 is 0 Å². The second-order valence-corrected chi connectivity index (χ2v) is 4.06. The quantitative estimate of drug-likeness (QED) is 0.728. The topological polar surface area (TPSA) is 57.0 Å². The lowest BCUT2D eigenvalue weighted by Crippen LogP contribution is -2.22. The lowest BCUT2D eigenvalue weighted by Gasteiger charge is -2.17. The first-order chi connectivity index (χ1) is 9.33. The highest BCUT2D eigenvalue weighted by molar-refractivity contribution is 6.22. The van der Waals surface area contributed by atoms with Crippen LogP contribution in [0, 0.1) is 11.3 Å². The van der Waals surface area contributed by atoms with E-state index in [1.165, 1.54) is 11.0 Å². The van der Waals surface area contributed by atoms with Gasteiger partial charge in [0.15, 0.2) is 0 Å². The SMILES string of the molecule is N#C/C=C1\c2cnccc2C(=O)N1c1ccccc1. The molecule has 0 saturated carbocycles. The number of amides is 1. The summed E-state index contributed by atoms with van der Waals surface area (Å²) < 4.78 is 0. The molecule has 4 heteroatoms. The number of fused-ring (bicyclic) bond motifs is 1. The van der Waals surface area contributed by atoms with Crippen molar-refractivity contribution in [2.75, 3.05) is 4.90 Å². The molecule has 0 spiro atoms. The maximum Gasteiger partial charge on any atom is 0.263 e. The fraction of sp³-hybridized carbons (Fsp3) is 0. The molecule has 2 heterocycles. The molecule has 0 bridgehead atoms. The fourth-order valence-corrected chi connectivity index (χ4v) is 2.17. The highest BCUT2D eigenvalue weighted by Gasteiger charge is 2.33. The summed E-state index contributed by atoms with van der Waals surface area (Å²) in [5.41, 5.74) is 2.57. The fourth-order valence-electron chi connectivity index (χ4n) is 2.17. The van der Waals surface area contributed by atoms with Gasteiger partial charge in [0.25, 0.3) is 5.91 Å². The number of benzene rings is 1. The summed E-state index contributed by atoms with van der Waals surface area (Å²) in [6, 6.07) is 12.9. The van der Waals surface area contributed by atoms with Crippen LogP contribution in [0.25, 0.3) is 5.70 Å². The first-order valence-corrected chi connectivity index (χ1v) is 5.76. The van der Waals surface area contributed by atoms with Gasteiger partial charge in [-0.3, -0.25) is 14.7 Å². The number of hydrogen-bond acceptors (Lipinski definition) is 3. The van der Waals surface area contributed by atoms with Gasteiger partial charge in [-0.1, -0.05) is 18.2 Å². The number of nitrogens with zero attached hydrogens (tertiary/aromatic N) is 3. The number of carbonyl (C=O) groups excluding carboxylic acids is 1. The van der Waals surface area contributed by atoms with Crippen molar-refractivity contribution in [3.05, 3.63) is 66.0 Å². The first-order valence-electron chi connectivity index (χ1n) is 5.76.